The van der Waals surface area contributed by atoms with Crippen molar-refractivity contribution in [2.24, 2.45) is 0 Å². The molecule has 16 rings (SSSR count). The van der Waals surface area contributed by atoms with Crippen LogP contribution in [-0.2, 0) is 80.4 Å². The number of benzene rings is 8. The Morgan fingerprint density at radius 2 is 0.631 bits per heavy atom. The number of aromatic nitrogens is 12. The third kappa shape index (κ3) is 28.2. The van der Waals surface area contributed by atoms with Crippen LogP contribution in [0, 0.1) is 125 Å². The minimum Gasteiger partial charge on any atom is -0.305 e. The summed E-state index contributed by atoms with van der Waals surface area (Å²) in [7, 11) is 0. The number of carbonyl (C=O) groups excluding carboxylic acids is 1. The summed E-state index contributed by atoms with van der Waals surface area (Å²) >= 11 is 0. The Hall–Kier alpha value is -11.4. The van der Waals surface area contributed by atoms with E-state index in [0.29, 0.717) is 17.5 Å². The minimum atomic E-state index is -0.754. The van der Waals surface area contributed by atoms with Gasteiger partial charge < -0.3 is 19.9 Å². The molecule has 0 saturated carbocycles. The molecule has 0 amide bonds. The molecule has 572 valence electrons. The molecule has 0 atom stereocenters. The van der Waals surface area contributed by atoms with Gasteiger partial charge in [-0.2, -0.15) is 44.7 Å². The number of carbonyl (C=O) groups is 1. The predicted molar refractivity (Wildman–Crippen MR) is 373 cm³/mol. The smallest absolute Gasteiger partial charge is 0.149 e. The summed E-state index contributed by atoms with van der Waals surface area (Å²) in [5, 5.41) is 15.2. The molecule has 0 aliphatic heterocycles. The first-order valence-corrected chi connectivity index (χ1v) is 31.2. The molecule has 0 spiro atoms. The number of pyridine rings is 4. The summed E-state index contributed by atoms with van der Waals surface area (Å²) in [6.07, 6.45) is 19.4. The molecule has 8 aromatic carbocycles. The van der Waals surface area contributed by atoms with E-state index in [-0.39, 0.29) is 120 Å². The fraction of sp³-hybridized carbons (Fsp3) is 0.0122. The molecule has 0 fully saturated rings. The first kappa shape index (κ1) is 90.2. The Morgan fingerprint density at radius 1 is 0.297 bits per heavy atom. The molecule has 8 heterocycles. The number of aldehydes is 1. The van der Waals surface area contributed by atoms with Gasteiger partial charge in [0.2, 0.25) is 0 Å². The standard InChI is InChI=1S/C12H6F2NO.C12H10N.C11H6F2N.C11H8N.4C9H5F2N2.4Ir/c13-9-1-2-10(11(14)6-9)12-5-8(7-16)3-4-15-12;1-10-5-7-11(8-6-10)12-4-2-3-9-13-12;12-8-4-5-9(10(13)7-8)11-3-1-2-6-14-11;1-2-6-10(7-3-1)11-8-4-5-9-12-11;4*10-7-2-3-9(8(11)6-7)13-5-1-4-12-13;;;;/h1,3-7H;2-7,9H,1H3;1-4,6-7H;1-6,8-9H;4*1-2,4-6H;;;;/q8*-1;;;;. The third-order valence-corrected chi connectivity index (χ3v) is 13.7. The maximum Gasteiger partial charge on any atom is 0.149 e. The van der Waals surface area contributed by atoms with Crippen molar-refractivity contribution in [3.05, 3.63) is 410 Å². The summed E-state index contributed by atoms with van der Waals surface area (Å²) in [6, 6.07) is 72.5. The van der Waals surface area contributed by atoms with E-state index in [1.807, 2.05) is 72.8 Å². The Kier molecular flexibility index (Phi) is 38.1. The van der Waals surface area contributed by atoms with Gasteiger partial charge in [-0.05, 0) is 94.1 Å². The predicted octanol–water partition coefficient (Wildman–Crippen LogP) is 18.7. The van der Waals surface area contributed by atoms with Gasteiger partial charge in [-0.3, -0.25) is 76.2 Å². The fourth-order valence-electron chi connectivity index (χ4n) is 8.76. The van der Waals surface area contributed by atoms with Crippen LogP contribution in [0.5, 0.6) is 0 Å². The molecular formula is C82H50F12Ir4N12O-8. The second-order valence-corrected chi connectivity index (χ2v) is 21.2. The summed E-state index contributed by atoms with van der Waals surface area (Å²) in [4.78, 5) is 26.8. The summed E-state index contributed by atoms with van der Waals surface area (Å²) in [5.41, 5.74) is 7.03. The molecule has 8 aromatic heterocycles. The van der Waals surface area contributed by atoms with Crippen LogP contribution in [0.1, 0.15) is 15.9 Å². The van der Waals surface area contributed by atoms with E-state index in [1.54, 1.807) is 85.8 Å². The fourth-order valence-corrected chi connectivity index (χ4v) is 8.76. The van der Waals surface area contributed by atoms with Gasteiger partial charge in [0.15, 0.2) is 0 Å². The Morgan fingerprint density at radius 3 is 0.928 bits per heavy atom. The monoisotopic (exact) mass is 2220 g/mol. The van der Waals surface area contributed by atoms with Crippen molar-refractivity contribution < 1.29 is 138 Å². The van der Waals surface area contributed by atoms with Crippen LogP contribution in [0.4, 0.5) is 52.7 Å². The van der Waals surface area contributed by atoms with Crippen LogP contribution in [0.3, 0.4) is 0 Å². The van der Waals surface area contributed by atoms with Crippen LogP contribution >= 0.6 is 0 Å². The Bertz CT molecular complexity index is 5010. The van der Waals surface area contributed by atoms with Crippen LogP contribution in [0.2, 0.25) is 0 Å². The normalized spacial score (nSPS) is 9.77. The quantitative estimate of drug-likeness (QED) is 0.0785. The van der Waals surface area contributed by atoms with Gasteiger partial charge in [-0.1, -0.05) is 72.6 Å². The van der Waals surface area contributed by atoms with Gasteiger partial charge in [-0.15, -0.1) is 144 Å². The van der Waals surface area contributed by atoms with E-state index in [9.17, 15) is 57.5 Å². The zero-order valence-corrected chi connectivity index (χ0v) is 66.4. The topological polar surface area (TPSA) is 140 Å². The molecule has 29 heteroatoms. The van der Waals surface area contributed by atoms with E-state index in [2.05, 4.69) is 102 Å². The van der Waals surface area contributed by atoms with Crippen molar-refractivity contribution in [2.45, 2.75) is 6.92 Å². The number of aryl methyl sites for hydroxylation is 1. The zero-order chi connectivity index (χ0) is 75.9. The SMILES string of the molecule is Cc1c[c-]c(-c2ccccn2)cc1.Fc1c[c-]c(-c2ccccn2)c(F)c1.Fc1c[c-]c(-n2cccn2)c(F)c1.Fc1c[c-]c(-n2cccn2)c(F)c1.Fc1c[c-]c(-n2cccn2)c(F)c1.Fc1c[c-]c(-n2cccn2)c(F)c1.O=Cc1ccnc(-c2[c-]cc(F)cc2F)c1.[Ir].[Ir].[Ir].[Ir].[c-]1ccccc1-c1ccccn1. The number of hydrogen-bond donors (Lipinski definition) is 0. The number of hydrogen-bond acceptors (Lipinski definition) is 9. The summed E-state index contributed by atoms with van der Waals surface area (Å²) in [5.74, 6) is -8.03. The third-order valence-electron chi connectivity index (χ3n) is 13.7. The zero-order valence-electron chi connectivity index (χ0n) is 56.8. The van der Waals surface area contributed by atoms with Gasteiger partial charge in [0.05, 0.1) is 0 Å². The molecule has 0 N–H and O–H groups in total. The van der Waals surface area contributed by atoms with E-state index in [4.69, 9.17) is 0 Å². The van der Waals surface area contributed by atoms with Gasteiger partial charge in [-0.25, -0.2) is 0 Å². The molecule has 0 bridgehead atoms. The first-order chi connectivity index (χ1) is 51.9. The van der Waals surface area contributed by atoms with E-state index in [0.717, 1.165) is 95.3 Å². The van der Waals surface area contributed by atoms with Gasteiger partial charge in [0, 0.05) is 230 Å². The molecule has 4 radical (unpaired) electrons. The minimum absolute atomic E-state index is 0. The number of halogens is 12. The largest absolute Gasteiger partial charge is 0.305 e. The molecule has 0 aliphatic rings. The maximum absolute atomic E-state index is 13.4. The first-order valence-electron chi connectivity index (χ1n) is 31.2. The van der Waals surface area contributed by atoms with Crippen LogP contribution < -0.4 is 0 Å². The molecule has 0 aliphatic carbocycles. The van der Waals surface area contributed by atoms with E-state index >= 15 is 0 Å². The van der Waals surface area contributed by atoms with Crippen LogP contribution in [0.15, 0.2) is 281 Å². The molecule has 13 nitrogen and oxygen atoms in total. The Balaban J connectivity index is 0.000000226. The molecule has 0 saturated heterocycles. The molecule has 16 aromatic rings. The van der Waals surface area contributed by atoms with Crippen molar-refractivity contribution in [3.8, 4) is 67.8 Å². The van der Waals surface area contributed by atoms with Crippen molar-refractivity contribution in [3.63, 3.8) is 0 Å². The van der Waals surface area contributed by atoms with Crippen LogP contribution in [-0.4, -0.2) is 65.3 Å². The van der Waals surface area contributed by atoms with Crippen molar-refractivity contribution >= 4 is 6.29 Å². The van der Waals surface area contributed by atoms with Gasteiger partial charge in [0.1, 0.15) is 6.29 Å². The summed E-state index contributed by atoms with van der Waals surface area (Å²) < 4.78 is 159. The second-order valence-electron chi connectivity index (χ2n) is 21.2. The van der Waals surface area contributed by atoms with E-state index < -0.39 is 69.8 Å². The van der Waals surface area contributed by atoms with Crippen molar-refractivity contribution in [2.75, 3.05) is 0 Å². The second kappa shape index (κ2) is 46.9. The summed E-state index contributed by atoms with van der Waals surface area (Å²) in [6.45, 7) is 2.05. The van der Waals surface area contributed by atoms with Crippen molar-refractivity contribution in [1.29, 1.82) is 0 Å². The van der Waals surface area contributed by atoms with Crippen molar-refractivity contribution in [1.82, 2.24) is 59.1 Å². The van der Waals surface area contributed by atoms with Gasteiger partial charge in [0.25, 0.3) is 0 Å². The average Bonchev–Trinajstić information content (AvgIpc) is 1.06. The number of rotatable bonds is 9. The molecule has 0 unspecified atom stereocenters. The average molecular weight is 2220 g/mol. The van der Waals surface area contributed by atoms with Crippen LogP contribution in [0.25, 0.3) is 67.8 Å². The number of nitrogens with zero attached hydrogens (tertiary/aromatic N) is 12. The Labute approximate surface area is 682 Å². The molecular weight excluding hydrogens is 2170 g/mol. The molecule has 111 heavy (non-hydrogen) atoms. The maximum atomic E-state index is 13.4. The van der Waals surface area contributed by atoms with E-state index in [1.165, 1.54) is 67.4 Å². The van der Waals surface area contributed by atoms with Gasteiger partial charge >= 0.3 is 0 Å².